The Balaban J connectivity index is 2.18. The summed E-state index contributed by atoms with van der Waals surface area (Å²) in [5, 5.41) is 6.04. The van der Waals surface area contributed by atoms with Crippen LogP contribution in [0.3, 0.4) is 0 Å². The van der Waals surface area contributed by atoms with E-state index in [9.17, 15) is 4.79 Å². The number of esters is 1. The van der Waals surface area contributed by atoms with E-state index in [-0.39, 0.29) is 11.0 Å². The van der Waals surface area contributed by atoms with Crippen molar-refractivity contribution in [2.45, 2.75) is 91.4 Å². The molecule has 0 aliphatic carbocycles. The predicted molar refractivity (Wildman–Crippen MR) is 170 cm³/mol. The summed E-state index contributed by atoms with van der Waals surface area (Å²) in [6.45, 7) is 24.7. The first kappa shape index (κ1) is 31.6. The summed E-state index contributed by atoms with van der Waals surface area (Å²) in [4.78, 5) is 13.5. The van der Waals surface area contributed by atoms with Gasteiger partial charge in [0.2, 0.25) is 0 Å². The third-order valence-corrected chi connectivity index (χ3v) is 12.8. The van der Waals surface area contributed by atoms with Gasteiger partial charge in [0.1, 0.15) is 5.69 Å². The minimum absolute atomic E-state index is 0.156. The molecule has 6 nitrogen and oxygen atoms in total. The number of unbranched alkanes of at least 4 members (excludes halogenated alkanes) is 1. The van der Waals surface area contributed by atoms with Gasteiger partial charge in [-0.15, -0.1) is 13.2 Å². The zero-order chi connectivity index (χ0) is 29.7. The topological polar surface area (TPSA) is 58.3 Å². The van der Waals surface area contributed by atoms with Crippen LogP contribution in [0.25, 0.3) is 22.0 Å². The Morgan fingerprint density at radius 3 is 2.48 bits per heavy atom. The molecule has 0 saturated heterocycles. The summed E-state index contributed by atoms with van der Waals surface area (Å²) in [5.41, 5.74) is 7.08. The molecular weight excluding hydrogens is 514 g/mol. The summed E-state index contributed by atoms with van der Waals surface area (Å²) in [5.74, 6) is -0.291. The number of aryl methyl sites for hydroxylation is 3. The SMILES string of the molecule is C=CCCCc1c(-c2cccc3c(CCCO[Si](C)(C)C(C)(C)C)c(C(=O)OCC)n(CC=C)c23)c(C)nn1C. The fraction of sp³-hybridized carbons (Fsp3) is 0.515. The maximum absolute atomic E-state index is 13.5. The second-order valence-corrected chi connectivity index (χ2v) is 16.9. The van der Waals surface area contributed by atoms with Gasteiger partial charge in [0.05, 0.1) is 17.8 Å². The minimum atomic E-state index is -1.86. The number of carbonyl (C=O) groups excluding carboxylic acids is 1. The van der Waals surface area contributed by atoms with E-state index >= 15 is 0 Å². The van der Waals surface area contributed by atoms with Gasteiger partial charge in [-0.1, -0.05) is 51.1 Å². The highest BCUT2D eigenvalue weighted by atomic mass is 28.4. The molecular formula is C33H49N3O3Si. The maximum Gasteiger partial charge on any atom is 0.355 e. The predicted octanol–water partition coefficient (Wildman–Crippen LogP) is 8.18. The molecule has 0 fully saturated rings. The van der Waals surface area contributed by atoms with E-state index in [1.807, 2.05) is 30.8 Å². The van der Waals surface area contributed by atoms with E-state index in [0.717, 1.165) is 65.4 Å². The van der Waals surface area contributed by atoms with Crippen LogP contribution < -0.4 is 0 Å². The van der Waals surface area contributed by atoms with Gasteiger partial charge >= 0.3 is 5.97 Å². The molecule has 2 heterocycles. The molecule has 7 heteroatoms. The van der Waals surface area contributed by atoms with Crippen LogP contribution in [0, 0.1) is 6.92 Å². The number of ether oxygens (including phenoxy) is 1. The molecule has 0 amide bonds. The molecule has 0 aliphatic rings. The number of benzene rings is 1. The van der Waals surface area contributed by atoms with Crippen LogP contribution in [0.4, 0.5) is 0 Å². The van der Waals surface area contributed by atoms with Crippen molar-refractivity contribution < 1.29 is 14.0 Å². The molecule has 0 spiro atoms. The molecule has 40 heavy (non-hydrogen) atoms. The number of allylic oxidation sites excluding steroid dienone is 2. The van der Waals surface area contributed by atoms with Crippen molar-refractivity contribution in [2.24, 2.45) is 7.05 Å². The number of para-hydroxylation sites is 1. The van der Waals surface area contributed by atoms with Crippen molar-refractivity contribution in [3.63, 3.8) is 0 Å². The lowest BCUT2D eigenvalue weighted by molar-refractivity contribution is 0.0513. The molecule has 3 aromatic rings. The Kier molecular flexibility index (Phi) is 10.4. The monoisotopic (exact) mass is 563 g/mol. The summed E-state index contributed by atoms with van der Waals surface area (Å²) in [6, 6.07) is 6.39. The first-order chi connectivity index (χ1) is 18.9. The molecule has 3 rings (SSSR count). The highest BCUT2D eigenvalue weighted by Crippen LogP contribution is 2.39. The van der Waals surface area contributed by atoms with Gasteiger partial charge in [-0.25, -0.2) is 4.79 Å². The van der Waals surface area contributed by atoms with Crippen molar-refractivity contribution in [1.82, 2.24) is 14.3 Å². The van der Waals surface area contributed by atoms with Gasteiger partial charge in [0.15, 0.2) is 8.32 Å². The summed E-state index contributed by atoms with van der Waals surface area (Å²) < 4.78 is 16.2. The van der Waals surface area contributed by atoms with Gasteiger partial charge in [0.25, 0.3) is 0 Å². The Morgan fingerprint density at radius 2 is 1.85 bits per heavy atom. The second kappa shape index (κ2) is 13.2. The Hall–Kier alpha value is -2.90. The number of fused-ring (bicyclic) bond motifs is 1. The van der Waals surface area contributed by atoms with Crippen LogP contribution in [-0.4, -0.2) is 41.8 Å². The Labute approximate surface area is 242 Å². The summed E-state index contributed by atoms with van der Waals surface area (Å²) in [6.07, 6.45) is 8.23. The third-order valence-electron chi connectivity index (χ3n) is 8.24. The molecule has 2 aromatic heterocycles. The first-order valence-corrected chi connectivity index (χ1v) is 17.5. The Morgan fingerprint density at radius 1 is 1.12 bits per heavy atom. The van der Waals surface area contributed by atoms with Crippen molar-refractivity contribution in [3.8, 4) is 11.1 Å². The lowest BCUT2D eigenvalue weighted by Gasteiger charge is -2.36. The van der Waals surface area contributed by atoms with Crippen LogP contribution in [0.5, 0.6) is 0 Å². The maximum atomic E-state index is 13.5. The average Bonchev–Trinajstić information content (AvgIpc) is 3.34. The van der Waals surface area contributed by atoms with E-state index in [1.165, 1.54) is 5.69 Å². The first-order valence-electron chi connectivity index (χ1n) is 14.6. The number of hydrogen-bond donors (Lipinski definition) is 0. The van der Waals surface area contributed by atoms with Gasteiger partial charge in [-0.05, 0) is 69.6 Å². The quantitative estimate of drug-likeness (QED) is 0.0859. The smallest absolute Gasteiger partial charge is 0.355 e. The minimum Gasteiger partial charge on any atom is -0.461 e. The number of carbonyl (C=O) groups is 1. The molecule has 1 aromatic carbocycles. The molecule has 0 N–H and O–H groups in total. The number of nitrogens with zero attached hydrogens (tertiary/aromatic N) is 3. The second-order valence-electron chi connectivity index (χ2n) is 12.1. The Bertz CT molecular complexity index is 1360. The van der Waals surface area contributed by atoms with E-state index in [4.69, 9.17) is 14.3 Å². The lowest BCUT2D eigenvalue weighted by atomic mass is 9.96. The highest BCUT2D eigenvalue weighted by molar-refractivity contribution is 6.74. The van der Waals surface area contributed by atoms with E-state index in [1.54, 1.807) is 0 Å². The molecule has 0 unspecified atom stereocenters. The summed E-state index contributed by atoms with van der Waals surface area (Å²) >= 11 is 0. The van der Waals surface area contributed by atoms with Crippen molar-refractivity contribution in [3.05, 3.63) is 66.2 Å². The molecule has 0 saturated carbocycles. The number of hydrogen-bond acceptors (Lipinski definition) is 4. The van der Waals surface area contributed by atoms with Crippen LogP contribution in [0.1, 0.15) is 74.4 Å². The van der Waals surface area contributed by atoms with Crippen molar-refractivity contribution >= 4 is 25.2 Å². The average molecular weight is 564 g/mol. The van der Waals surface area contributed by atoms with Gasteiger partial charge < -0.3 is 13.7 Å². The molecule has 0 aliphatic heterocycles. The van der Waals surface area contributed by atoms with Gasteiger partial charge in [-0.2, -0.15) is 5.10 Å². The van der Waals surface area contributed by atoms with Crippen LogP contribution in [0.2, 0.25) is 18.1 Å². The number of aromatic nitrogens is 3. The van der Waals surface area contributed by atoms with E-state index < -0.39 is 8.32 Å². The standard InChI is InChI=1S/C33H49N3O3Si/c1-11-14-15-21-28-29(24(4)34-35(28)8)27-19-16-18-25-26(20-17-23-39-40(9,10)33(5,6)7)31(32(37)38-13-3)36(22-12-2)30(25)27/h11-12,16,18-19H,1-2,13-15,17,20-23H2,3-10H3. The summed E-state index contributed by atoms with van der Waals surface area (Å²) in [7, 11) is 0.159. The van der Waals surface area contributed by atoms with E-state index in [0.29, 0.717) is 25.5 Å². The molecule has 0 radical (unpaired) electrons. The van der Waals surface area contributed by atoms with Gasteiger partial charge in [0, 0.05) is 42.4 Å². The molecule has 218 valence electrons. The third kappa shape index (κ3) is 6.52. The lowest BCUT2D eigenvalue weighted by Crippen LogP contribution is -2.41. The van der Waals surface area contributed by atoms with E-state index in [2.05, 4.69) is 76.7 Å². The zero-order valence-corrected chi connectivity index (χ0v) is 27.0. The van der Waals surface area contributed by atoms with Gasteiger partial charge in [-0.3, -0.25) is 4.68 Å². The largest absolute Gasteiger partial charge is 0.461 e. The highest BCUT2D eigenvalue weighted by Gasteiger charge is 2.37. The van der Waals surface area contributed by atoms with Crippen molar-refractivity contribution in [2.75, 3.05) is 13.2 Å². The van der Waals surface area contributed by atoms with Crippen molar-refractivity contribution in [1.29, 1.82) is 0 Å². The zero-order valence-electron chi connectivity index (χ0n) is 26.0. The van der Waals surface area contributed by atoms with Crippen LogP contribution in [-0.2, 0) is 35.6 Å². The number of rotatable bonds is 14. The molecule has 0 bridgehead atoms. The fourth-order valence-corrected chi connectivity index (χ4v) is 6.32. The fourth-order valence-electron chi connectivity index (χ4n) is 5.23. The van der Waals surface area contributed by atoms with Crippen LogP contribution in [0.15, 0.2) is 43.5 Å². The molecule has 0 atom stereocenters. The van der Waals surface area contributed by atoms with Crippen LogP contribution >= 0.6 is 0 Å². The normalized spacial score (nSPS) is 12.2.